The highest BCUT2D eigenvalue weighted by Crippen LogP contribution is 2.38. The van der Waals surface area contributed by atoms with E-state index >= 15 is 0 Å². The van der Waals surface area contributed by atoms with Crippen molar-refractivity contribution in [1.82, 2.24) is 9.55 Å². The summed E-state index contributed by atoms with van der Waals surface area (Å²) in [5, 5.41) is 9.04. The normalized spacial score (nSPS) is 20.2. The topological polar surface area (TPSA) is 64.1 Å². The smallest absolute Gasteiger partial charge is 0.0950 e. The lowest BCUT2D eigenvalue weighted by Crippen LogP contribution is -2.27. The molecular weight excluding hydrogens is 190 g/mol. The first-order valence-electron chi connectivity index (χ1n) is 5.62. The van der Waals surface area contributed by atoms with E-state index in [0.29, 0.717) is 6.04 Å². The maximum atomic E-state index is 9.04. The average molecular weight is 209 g/mol. The van der Waals surface area contributed by atoms with Crippen LogP contribution in [0.5, 0.6) is 0 Å². The Labute approximate surface area is 90.1 Å². The largest absolute Gasteiger partial charge is 0.396 e. The minimum Gasteiger partial charge on any atom is -0.396 e. The highest BCUT2D eigenvalue weighted by Gasteiger charge is 2.28. The Bertz CT molecular complexity index is 317. The maximum absolute atomic E-state index is 9.04. The van der Waals surface area contributed by atoms with E-state index in [0.717, 1.165) is 6.42 Å². The number of hydrogen-bond donors (Lipinski definition) is 2. The van der Waals surface area contributed by atoms with E-state index in [9.17, 15) is 0 Å². The van der Waals surface area contributed by atoms with Crippen molar-refractivity contribution in [1.29, 1.82) is 0 Å². The van der Waals surface area contributed by atoms with Crippen LogP contribution < -0.4 is 5.73 Å². The van der Waals surface area contributed by atoms with Gasteiger partial charge in [-0.05, 0) is 26.2 Å². The highest BCUT2D eigenvalue weighted by atomic mass is 16.3. The molecule has 0 amide bonds. The molecule has 0 radical (unpaired) electrons. The van der Waals surface area contributed by atoms with Gasteiger partial charge in [-0.15, -0.1) is 0 Å². The molecule has 2 atom stereocenters. The third-order valence-corrected chi connectivity index (χ3v) is 3.09. The second-order valence-corrected chi connectivity index (χ2v) is 4.43. The molecule has 15 heavy (non-hydrogen) atoms. The molecule has 2 unspecified atom stereocenters. The molecule has 3 N–H and O–H groups in total. The standard InChI is InChI=1S/C11H19N3O/c1-8(12)10(4-5-15)11-6-13-7-14(11)9-2-3-9/h6-10,15H,2-5,12H2,1H3. The van der Waals surface area contributed by atoms with Crippen LogP contribution in [0.1, 0.15) is 43.8 Å². The molecule has 1 aromatic heterocycles. The van der Waals surface area contributed by atoms with Gasteiger partial charge in [-0.25, -0.2) is 4.98 Å². The molecule has 1 aliphatic rings. The van der Waals surface area contributed by atoms with Gasteiger partial charge in [0.05, 0.1) is 6.33 Å². The van der Waals surface area contributed by atoms with Crippen molar-refractivity contribution in [3.05, 3.63) is 18.2 Å². The van der Waals surface area contributed by atoms with Crippen LogP contribution in [0, 0.1) is 0 Å². The Hall–Kier alpha value is -0.870. The molecule has 2 rings (SSSR count). The van der Waals surface area contributed by atoms with E-state index < -0.39 is 0 Å². The van der Waals surface area contributed by atoms with Crippen LogP contribution in [0.2, 0.25) is 0 Å². The average Bonchev–Trinajstić information content (AvgIpc) is 2.94. The fourth-order valence-corrected chi connectivity index (χ4v) is 2.08. The molecule has 0 bridgehead atoms. The molecule has 4 nitrogen and oxygen atoms in total. The number of hydrogen-bond acceptors (Lipinski definition) is 3. The second-order valence-electron chi connectivity index (χ2n) is 4.43. The summed E-state index contributed by atoms with van der Waals surface area (Å²) >= 11 is 0. The fraction of sp³-hybridized carbons (Fsp3) is 0.727. The summed E-state index contributed by atoms with van der Waals surface area (Å²) in [6.07, 6.45) is 6.99. The summed E-state index contributed by atoms with van der Waals surface area (Å²) in [5.74, 6) is 0.220. The number of nitrogens with two attached hydrogens (primary N) is 1. The Kier molecular flexibility index (Phi) is 3.07. The summed E-state index contributed by atoms with van der Waals surface area (Å²) < 4.78 is 2.23. The van der Waals surface area contributed by atoms with Gasteiger partial charge in [-0.3, -0.25) is 0 Å². The van der Waals surface area contributed by atoms with E-state index in [2.05, 4.69) is 9.55 Å². The third-order valence-electron chi connectivity index (χ3n) is 3.09. The van der Waals surface area contributed by atoms with Crippen molar-refractivity contribution < 1.29 is 5.11 Å². The summed E-state index contributed by atoms with van der Waals surface area (Å²) in [6.45, 7) is 2.17. The molecule has 1 aromatic rings. The quantitative estimate of drug-likeness (QED) is 0.761. The van der Waals surface area contributed by atoms with Crippen LogP contribution in [-0.2, 0) is 0 Å². The zero-order valence-electron chi connectivity index (χ0n) is 9.13. The van der Waals surface area contributed by atoms with Crippen LogP contribution >= 0.6 is 0 Å². The van der Waals surface area contributed by atoms with Gasteiger partial charge in [0.1, 0.15) is 0 Å². The van der Waals surface area contributed by atoms with Gasteiger partial charge in [0.2, 0.25) is 0 Å². The molecule has 0 aromatic carbocycles. The SMILES string of the molecule is CC(N)C(CCO)c1cncn1C1CC1. The summed E-state index contributed by atoms with van der Waals surface area (Å²) in [7, 11) is 0. The van der Waals surface area contributed by atoms with Gasteiger partial charge in [0.15, 0.2) is 0 Å². The molecule has 4 heteroatoms. The zero-order valence-corrected chi connectivity index (χ0v) is 9.13. The number of aromatic nitrogens is 2. The predicted molar refractivity (Wildman–Crippen MR) is 58.6 cm³/mol. The van der Waals surface area contributed by atoms with Crippen molar-refractivity contribution >= 4 is 0 Å². The Balaban J connectivity index is 2.20. The minimum absolute atomic E-state index is 0.0614. The number of imidazole rings is 1. The summed E-state index contributed by atoms with van der Waals surface area (Å²) in [5.41, 5.74) is 7.13. The Morgan fingerprint density at radius 2 is 2.40 bits per heavy atom. The van der Waals surface area contributed by atoms with Gasteiger partial charge in [-0.2, -0.15) is 0 Å². The van der Waals surface area contributed by atoms with Crippen molar-refractivity contribution in [3.8, 4) is 0 Å². The van der Waals surface area contributed by atoms with Gasteiger partial charge in [-0.1, -0.05) is 0 Å². The van der Waals surface area contributed by atoms with Gasteiger partial charge in [0.25, 0.3) is 0 Å². The lowest BCUT2D eigenvalue weighted by atomic mass is 9.95. The fourth-order valence-electron chi connectivity index (χ4n) is 2.08. The molecule has 1 saturated carbocycles. The lowest BCUT2D eigenvalue weighted by molar-refractivity contribution is 0.266. The number of rotatable bonds is 5. The van der Waals surface area contributed by atoms with Crippen molar-refractivity contribution in [3.63, 3.8) is 0 Å². The van der Waals surface area contributed by atoms with E-state index in [1.165, 1.54) is 18.5 Å². The Morgan fingerprint density at radius 3 is 2.93 bits per heavy atom. The highest BCUT2D eigenvalue weighted by molar-refractivity contribution is 5.12. The molecule has 0 saturated heterocycles. The molecule has 0 spiro atoms. The van der Waals surface area contributed by atoms with Crippen molar-refractivity contribution in [2.45, 2.75) is 44.2 Å². The van der Waals surface area contributed by atoms with Gasteiger partial charge < -0.3 is 15.4 Å². The van der Waals surface area contributed by atoms with Crippen LogP contribution in [-0.4, -0.2) is 27.3 Å². The first kappa shape index (κ1) is 10.6. The molecule has 0 aliphatic heterocycles. The van der Waals surface area contributed by atoms with Gasteiger partial charge >= 0.3 is 0 Å². The molecular formula is C11H19N3O. The second kappa shape index (κ2) is 4.33. The molecule has 1 heterocycles. The molecule has 84 valence electrons. The van der Waals surface area contributed by atoms with E-state index in [4.69, 9.17) is 10.8 Å². The number of aliphatic hydroxyl groups excluding tert-OH is 1. The van der Waals surface area contributed by atoms with Crippen molar-refractivity contribution in [2.24, 2.45) is 5.73 Å². The van der Waals surface area contributed by atoms with Crippen LogP contribution in [0.15, 0.2) is 12.5 Å². The molecule has 1 aliphatic carbocycles. The maximum Gasteiger partial charge on any atom is 0.0950 e. The summed E-state index contributed by atoms with van der Waals surface area (Å²) in [6, 6.07) is 0.689. The van der Waals surface area contributed by atoms with Gasteiger partial charge in [0, 0.05) is 36.5 Å². The predicted octanol–water partition coefficient (Wildman–Crippen LogP) is 1.03. The van der Waals surface area contributed by atoms with E-state index in [1.807, 2.05) is 19.4 Å². The zero-order chi connectivity index (χ0) is 10.8. The van der Waals surface area contributed by atoms with Crippen molar-refractivity contribution in [2.75, 3.05) is 6.61 Å². The lowest BCUT2D eigenvalue weighted by Gasteiger charge is -2.21. The van der Waals surface area contributed by atoms with E-state index in [-0.39, 0.29) is 18.6 Å². The first-order chi connectivity index (χ1) is 7.24. The summed E-state index contributed by atoms with van der Waals surface area (Å²) in [4.78, 5) is 4.19. The van der Waals surface area contributed by atoms with Crippen LogP contribution in [0.3, 0.4) is 0 Å². The third kappa shape index (κ3) is 2.21. The van der Waals surface area contributed by atoms with E-state index in [1.54, 1.807) is 0 Å². The molecule has 1 fully saturated rings. The number of aliphatic hydroxyl groups is 1. The van der Waals surface area contributed by atoms with Crippen LogP contribution in [0.4, 0.5) is 0 Å². The first-order valence-corrected chi connectivity index (χ1v) is 5.62. The monoisotopic (exact) mass is 209 g/mol. The van der Waals surface area contributed by atoms with Crippen LogP contribution in [0.25, 0.3) is 0 Å². The number of nitrogens with zero attached hydrogens (tertiary/aromatic N) is 2. The Morgan fingerprint density at radius 1 is 1.67 bits per heavy atom. The minimum atomic E-state index is 0.0614.